The summed E-state index contributed by atoms with van der Waals surface area (Å²) in [7, 11) is 0. The van der Waals surface area contributed by atoms with Crippen molar-refractivity contribution < 1.29 is 4.79 Å². The van der Waals surface area contributed by atoms with Crippen LogP contribution >= 0.6 is 11.6 Å². The summed E-state index contributed by atoms with van der Waals surface area (Å²) in [5.41, 5.74) is 5.04. The van der Waals surface area contributed by atoms with E-state index >= 15 is 0 Å². The Hall–Kier alpha value is -1.36. The molecule has 3 N–H and O–H groups in total. The van der Waals surface area contributed by atoms with Crippen LogP contribution in [0.3, 0.4) is 0 Å². The van der Waals surface area contributed by atoms with Crippen LogP contribution in [0.1, 0.15) is 6.92 Å². The average Bonchev–Trinajstić information content (AvgIpc) is 2.08. The first-order valence-electron chi connectivity index (χ1n) is 3.63. The van der Waals surface area contributed by atoms with E-state index in [9.17, 15) is 4.79 Å². The maximum absolute atomic E-state index is 10.7. The quantitative estimate of drug-likeness (QED) is 0.741. The number of hydrogen-bond donors (Lipinski definition) is 2. The Balaban J connectivity index is 2.64. The number of rotatable bonds is 3. The molecule has 6 heteroatoms. The van der Waals surface area contributed by atoms with Gasteiger partial charge in [-0.15, -0.1) is 0 Å². The Morgan fingerprint density at radius 1 is 1.62 bits per heavy atom. The first-order valence-corrected chi connectivity index (χ1v) is 4.01. The summed E-state index contributed by atoms with van der Waals surface area (Å²) in [5.74, 6) is 0.0208. The van der Waals surface area contributed by atoms with Crippen molar-refractivity contribution >= 4 is 23.3 Å². The van der Waals surface area contributed by atoms with Crippen molar-refractivity contribution in [1.29, 1.82) is 0 Å². The molecule has 1 aromatic rings. The Morgan fingerprint density at radius 2 is 2.31 bits per heavy atom. The molecular weight excluding hydrogens is 192 g/mol. The van der Waals surface area contributed by atoms with E-state index in [-0.39, 0.29) is 0 Å². The number of nitrogens with zero attached hydrogens (tertiary/aromatic N) is 2. The van der Waals surface area contributed by atoms with E-state index in [4.69, 9.17) is 17.3 Å². The van der Waals surface area contributed by atoms with Crippen molar-refractivity contribution in [2.45, 2.75) is 13.0 Å². The predicted molar refractivity (Wildman–Crippen MR) is 49.3 cm³/mol. The number of aromatic nitrogens is 2. The summed E-state index contributed by atoms with van der Waals surface area (Å²) < 4.78 is 0. The van der Waals surface area contributed by atoms with Gasteiger partial charge >= 0.3 is 0 Å². The zero-order chi connectivity index (χ0) is 9.84. The van der Waals surface area contributed by atoms with E-state index in [0.717, 1.165) is 0 Å². The maximum Gasteiger partial charge on any atom is 0.239 e. The van der Waals surface area contributed by atoms with Crippen LogP contribution in [0.5, 0.6) is 0 Å². The molecule has 5 nitrogen and oxygen atoms in total. The monoisotopic (exact) mass is 200 g/mol. The van der Waals surface area contributed by atoms with E-state index in [0.29, 0.717) is 11.0 Å². The molecule has 1 heterocycles. The lowest BCUT2D eigenvalue weighted by Gasteiger charge is -2.09. The highest BCUT2D eigenvalue weighted by Crippen LogP contribution is 2.05. The Morgan fingerprint density at radius 3 is 2.77 bits per heavy atom. The summed E-state index contributed by atoms with van der Waals surface area (Å²) in [5, 5.41) is 3.06. The molecule has 0 bridgehead atoms. The van der Waals surface area contributed by atoms with Gasteiger partial charge in [0.05, 0.1) is 12.4 Å². The summed E-state index contributed by atoms with van der Waals surface area (Å²) in [4.78, 5) is 18.3. The second-order valence-electron chi connectivity index (χ2n) is 2.49. The lowest BCUT2D eigenvalue weighted by molar-refractivity contribution is -0.118. The van der Waals surface area contributed by atoms with E-state index < -0.39 is 11.9 Å². The fourth-order valence-corrected chi connectivity index (χ4v) is 0.777. The summed E-state index contributed by atoms with van der Waals surface area (Å²) >= 11 is 5.52. The van der Waals surface area contributed by atoms with Crippen molar-refractivity contribution in [1.82, 2.24) is 9.97 Å². The molecule has 1 atom stereocenters. The summed E-state index contributed by atoms with van der Waals surface area (Å²) in [6, 6.07) is -0.476. The molecule has 0 aliphatic carbocycles. The number of carbonyl (C=O) groups excluding carboxylic acids is 1. The highest BCUT2D eigenvalue weighted by atomic mass is 35.5. The molecule has 0 spiro atoms. The molecule has 0 aliphatic rings. The molecule has 0 saturated carbocycles. The molecule has 0 aromatic carbocycles. The van der Waals surface area contributed by atoms with Crippen LogP contribution in [0.2, 0.25) is 5.15 Å². The standard InChI is InChI=1S/C7H9ClN4O/c1-4(7(9)13)12-6-3-10-5(8)2-11-6/h2-4H,1H3,(H2,9,13)(H,11,12). The van der Waals surface area contributed by atoms with Crippen LogP contribution in [-0.4, -0.2) is 21.9 Å². The van der Waals surface area contributed by atoms with Gasteiger partial charge in [0, 0.05) is 0 Å². The third kappa shape index (κ3) is 2.87. The molecule has 0 radical (unpaired) electrons. The Bertz CT molecular complexity index is 300. The first-order chi connectivity index (χ1) is 6.09. The van der Waals surface area contributed by atoms with Gasteiger partial charge in [0.2, 0.25) is 5.91 Å². The minimum absolute atomic E-state index is 0.303. The molecule has 0 fully saturated rings. The van der Waals surface area contributed by atoms with Crippen molar-refractivity contribution in [2.24, 2.45) is 5.73 Å². The molecule has 1 aromatic heterocycles. The van der Waals surface area contributed by atoms with Crippen molar-refractivity contribution in [3.63, 3.8) is 0 Å². The Kier molecular flexibility index (Phi) is 3.02. The molecule has 1 amide bonds. The summed E-state index contributed by atoms with van der Waals surface area (Å²) in [6.45, 7) is 1.64. The van der Waals surface area contributed by atoms with Gasteiger partial charge in [-0.25, -0.2) is 9.97 Å². The SMILES string of the molecule is CC(Nc1cnc(Cl)cn1)C(N)=O. The van der Waals surface area contributed by atoms with Gasteiger partial charge in [0.1, 0.15) is 17.0 Å². The van der Waals surface area contributed by atoms with E-state index in [1.54, 1.807) is 6.92 Å². The first kappa shape index (κ1) is 9.73. The molecule has 70 valence electrons. The number of amides is 1. The van der Waals surface area contributed by atoms with Crippen LogP contribution in [0.4, 0.5) is 5.82 Å². The molecule has 1 unspecified atom stereocenters. The molecule has 1 rings (SSSR count). The van der Waals surface area contributed by atoms with E-state index in [1.165, 1.54) is 12.4 Å². The van der Waals surface area contributed by atoms with Crippen LogP contribution in [0.25, 0.3) is 0 Å². The minimum Gasteiger partial charge on any atom is -0.368 e. The zero-order valence-electron chi connectivity index (χ0n) is 6.99. The Labute approximate surface area is 80.3 Å². The topological polar surface area (TPSA) is 80.9 Å². The lowest BCUT2D eigenvalue weighted by atomic mass is 10.3. The normalized spacial score (nSPS) is 12.2. The van der Waals surface area contributed by atoms with Gasteiger partial charge in [0.25, 0.3) is 0 Å². The highest BCUT2D eigenvalue weighted by Gasteiger charge is 2.08. The third-order valence-electron chi connectivity index (χ3n) is 1.41. The fraction of sp³-hybridized carbons (Fsp3) is 0.286. The van der Waals surface area contributed by atoms with E-state index in [1.807, 2.05) is 0 Å². The zero-order valence-corrected chi connectivity index (χ0v) is 7.75. The van der Waals surface area contributed by atoms with Gasteiger partial charge < -0.3 is 11.1 Å². The number of primary amides is 1. The number of hydrogen-bond acceptors (Lipinski definition) is 4. The fourth-order valence-electron chi connectivity index (χ4n) is 0.680. The number of anilines is 1. The number of nitrogens with one attached hydrogen (secondary N) is 1. The van der Waals surface area contributed by atoms with Gasteiger partial charge in [-0.05, 0) is 6.92 Å². The van der Waals surface area contributed by atoms with Gasteiger partial charge in [-0.2, -0.15) is 0 Å². The predicted octanol–water partition coefficient (Wildman–Crippen LogP) is 0.416. The number of carbonyl (C=O) groups is 1. The largest absolute Gasteiger partial charge is 0.368 e. The van der Waals surface area contributed by atoms with Crippen LogP contribution in [0.15, 0.2) is 12.4 Å². The van der Waals surface area contributed by atoms with Crippen LogP contribution in [-0.2, 0) is 4.79 Å². The van der Waals surface area contributed by atoms with Crippen LogP contribution in [0, 0.1) is 0 Å². The molecule has 0 aliphatic heterocycles. The maximum atomic E-state index is 10.7. The van der Waals surface area contributed by atoms with Crippen molar-refractivity contribution in [2.75, 3.05) is 5.32 Å². The average molecular weight is 201 g/mol. The van der Waals surface area contributed by atoms with Gasteiger partial charge in [-0.1, -0.05) is 11.6 Å². The van der Waals surface area contributed by atoms with Gasteiger partial charge in [0.15, 0.2) is 0 Å². The lowest BCUT2D eigenvalue weighted by Crippen LogP contribution is -2.32. The van der Waals surface area contributed by atoms with E-state index in [2.05, 4.69) is 15.3 Å². The molecular formula is C7H9ClN4O. The van der Waals surface area contributed by atoms with Crippen LogP contribution < -0.4 is 11.1 Å². The number of halogens is 1. The number of nitrogens with two attached hydrogens (primary N) is 1. The second-order valence-corrected chi connectivity index (χ2v) is 2.88. The second kappa shape index (κ2) is 4.04. The van der Waals surface area contributed by atoms with Gasteiger partial charge in [-0.3, -0.25) is 4.79 Å². The third-order valence-corrected chi connectivity index (χ3v) is 1.61. The minimum atomic E-state index is -0.476. The highest BCUT2D eigenvalue weighted by molar-refractivity contribution is 6.29. The summed E-state index contributed by atoms with van der Waals surface area (Å²) in [6.07, 6.45) is 2.82. The van der Waals surface area contributed by atoms with Crippen molar-refractivity contribution in [3.05, 3.63) is 17.5 Å². The molecule has 13 heavy (non-hydrogen) atoms. The molecule has 0 saturated heterocycles. The smallest absolute Gasteiger partial charge is 0.239 e. The van der Waals surface area contributed by atoms with Crippen molar-refractivity contribution in [3.8, 4) is 0 Å².